The summed E-state index contributed by atoms with van der Waals surface area (Å²) in [6.45, 7) is 7.56. The van der Waals surface area contributed by atoms with Crippen molar-refractivity contribution in [1.82, 2.24) is 0 Å². The number of hydrogen-bond donors (Lipinski definition) is 0. The van der Waals surface area contributed by atoms with Gasteiger partial charge in [-0.25, -0.2) is 0 Å². The molecule has 0 aromatic carbocycles. The molecule has 0 spiro atoms. The van der Waals surface area contributed by atoms with Crippen LogP contribution in [-0.2, 0) is 0 Å². The van der Waals surface area contributed by atoms with E-state index in [0.29, 0.717) is 0 Å². The van der Waals surface area contributed by atoms with Crippen LogP contribution in [0.15, 0.2) is 24.3 Å². The standard InChI is InChI=1S/C7H11Cl/c1-4-7(8)5-6(2)3/h4-5,7H,1H2,2-3H3. The summed E-state index contributed by atoms with van der Waals surface area (Å²) in [6, 6.07) is 0. The van der Waals surface area contributed by atoms with E-state index in [1.165, 1.54) is 5.57 Å². The summed E-state index contributed by atoms with van der Waals surface area (Å²) >= 11 is 5.67. The van der Waals surface area contributed by atoms with Crippen LogP contribution < -0.4 is 0 Å². The molecule has 0 nitrogen and oxygen atoms in total. The first-order valence-corrected chi connectivity index (χ1v) is 3.02. The molecule has 0 bridgehead atoms. The van der Waals surface area contributed by atoms with Crippen molar-refractivity contribution in [1.29, 1.82) is 0 Å². The highest BCUT2D eigenvalue weighted by atomic mass is 35.5. The van der Waals surface area contributed by atoms with Gasteiger partial charge in [0.05, 0.1) is 5.38 Å². The van der Waals surface area contributed by atoms with Crippen molar-refractivity contribution in [3.05, 3.63) is 24.3 Å². The van der Waals surface area contributed by atoms with Gasteiger partial charge in [-0.2, -0.15) is 0 Å². The molecule has 0 heterocycles. The number of hydrogen-bond acceptors (Lipinski definition) is 0. The number of halogens is 1. The Morgan fingerprint density at radius 1 is 1.62 bits per heavy atom. The van der Waals surface area contributed by atoms with Gasteiger partial charge in [-0.1, -0.05) is 17.7 Å². The highest BCUT2D eigenvalue weighted by Gasteiger charge is 1.88. The van der Waals surface area contributed by atoms with E-state index in [1.54, 1.807) is 6.08 Å². The van der Waals surface area contributed by atoms with Crippen LogP contribution in [0.5, 0.6) is 0 Å². The first-order valence-electron chi connectivity index (χ1n) is 2.58. The van der Waals surface area contributed by atoms with Gasteiger partial charge < -0.3 is 0 Å². The Balaban J connectivity index is 3.68. The molecule has 1 heteroatoms. The summed E-state index contributed by atoms with van der Waals surface area (Å²) in [6.07, 6.45) is 3.66. The second-order valence-electron chi connectivity index (χ2n) is 1.92. The third kappa shape index (κ3) is 3.94. The fourth-order valence-electron chi connectivity index (χ4n) is 0.386. The van der Waals surface area contributed by atoms with Crippen molar-refractivity contribution in [2.75, 3.05) is 0 Å². The third-order valence-electron chi connectivity index (χ3n) is 0.718. The van der Waals surface area contributed by atoms with Gasteiger partial charge in [-0.05, 0) is 13.8 Å². The van der Waals surface area contributed by atoms with Gasteiger partial charge in [0.15, 0.2) is 0 Å². The predicted molar refractivity (Wildman–Crippen MR) is 39.3 cm³/mol. The molecule has 0 rings (SSSR count). The fourth-order valence-corrected chi connectivity index (χ4v) is 0.638. The van der Waals surface area contributed by atoms with E-state index in [0.717, 1.165) is 0 Å². The van der Waals surface area contributed by atoms with Crippen molar-refractivity contribution in [2.24, 2.45) is 0 Å². The minimum absolute atomic E-state index is 0.000000000000000222. The summed E-state index contributed by atoms with van der Waals surface area (Å²) < 4.78 is 0. The lowest BCUT2D eigenvalue weighted by molar-refractivity contribution is 1.29. The molecule has 0 saturated carbocycles. The van der Waals surface area contributed by atoms with E-state index in [1.807, 2.05) is 19.9 Å². The number of alkyl halides is 1. The summed E-state index contributed by atoms with van der Waals surface area (Å²) in [5, 5.41) is -0.000000000000000222. The molecule has 0 aliphatic heterocycles. The highest BCUT2D eigenvalue weighted by molar-refractivity contribution is 6.22. The predicted octanol–water partition coefficient (Wildman–Crippen LogP) is 2.75. The van der Waals surface area contributed by atoms with E-state index in [4.69, 9.17) is 11.6 Å². The van der Waals surface area contributed by atoms with Crippen LogP contribution in [0.25, 0.3) is 0 Å². The van der Waals surface area contributed by atoms with Gasteiger partial charge in [0.2, 0.25) is 0 Å². The van der Waals surface area contributed by atoms with Gasteiger partial charge >= 0.3 is 0 Å². The molecular formula is C7H11Cl. The van der Waals surface area contributed by atoms with Crippen LogP contribution >= 0.6 is 11.6 Å². The molecular weight excluding hydrogens is 120 g/mol. The molecule has 0 aliphatic carbocycles. The van der Waals surface area contributed by atoms with Gasteiger partial charge in [0.25, 0.3) is 0 Å². The average molecular weight is 131 g/mol. The maximum absolute atomic E-state index is 5.67. The molecule has 1 atom stereocenters. The molecule has 0 amide bonds. The molecule has 0 radical (unpaired) electrons. The average Bonchev–Trinajstić information content (AvgIpc) is 1.65. The van der Waals surface area contributed by atoms with Crippen molar-refractivity contribution in [3.8, 4) is 0 Å². The molecule has 0 N–H and O–H groups in total. The van der Waals surface area contributed by atoms with Crippen molar-refractivity contribution >= 4 is 11.6 Å². The largest absolute Gasteiger partial charge is 0.114 e. The summed E-state index contributed by atoms with van der Waals surface area (Å²) in [5.41, 5.74) is 1.23. The van der Waals surface area contributed by atoms with Crippen molar-refractivity contribution < 1.29 is 0 Å². The smallest absolute Gasteiger partial charge is 0.0696 e. The highest BCUT2D eigenvalue weighted by Crippen LogP contribution is 2.01. The maximum atomic E-state index is 5.67. The molecule has 46 valence electrons. The van der Waals surface area contributed by atoms with E-state index in [-0.39, 0.29) is 5.38 Å². The lowest BCUT2D eigenvalue weighted by Gasteiger charge is -1.93. The molecule has 0 aromatic rings. The summed E-state index contributed by atoms with van der Waals surface area (Å²) in [4.78, 5) is 0. The minimum Gasteiger partial charge on any atom is -0.114 e. The molecule has 0 saturated heterocycles. The number of rotatable bonds is 2. The summed E-state index contributed by atoms with van der Waals surface area (Å²) in [5.74, 6) is 0. The fraction of sp³-hybridized carbons (Fsp3) is 0.429. The Morgan fingerprint density at radius 2 is 2.12 bits per heavy atom. The molecule has 0 aromatic heterocycles. The second-order valence-corrected chi connectivity index (χ2v) is 2.43. The van der Waals surface area contributed by atoms with Crippen LogP contribution in [0.2, 0.25) is 0 Å². The maximum Gasteiger partial charge on any atom is 0.0696 e. The normalized spacial score (nSPS) is 12.4. The Hall–Kier alpha value is -0.230. The van der Waals surface area contributed by atoms with Crippen LogP contribution in [0.4, 0.5) is 0 Å². The van der Waals surface area contributed by atoms with Gasteiger partial charge in [-0.3, -0.25) is 0 Å². The minimum atomic E-state index is -0.000000000000000222. The van der Waals surface area contributed by atoms with E-state index in [2.05, 4.69) is 6.58 Å². The van der Waals surface area contributed by atoms with E-state index >= 15 is 0 Å². The third-order valence-corrected chi connectivity index (χ3v) is 1.02. The van der Waals surface area contributed by atoms with Crippen LogP contribution in [0.1, 0.15) is 13.8 Å². The Morgan fingerprint density at radius 3 is 2.25 bits per heavy atom. The first kappa shape index (κ1) is 7.77. The summed E-state index contributed by atoms with van der Waals surface area (Å²) in [7, 11) is 0. The number of allylic oxidation sites excluding steroid dienone is 3. The molecule has 0 aliphatic rings. The zero-order chi connectivity index (χ0) is 6.57. The van der Waals surface area contributed by atoms with Crippen LogP contribution in [0, 0.1) is 0 Å². The zero-order valence-corrected chi connectivity index (χ0v) is 6.07. The molecule has 0 fully saturated rings. The van der Waals surface area contributed by atoms with Crippen molar-refractivity contribution in [3.63, 3.8) is 0 Å². The quantitative estimate of drug-likeness (QED) is 0.398. The van der Waals surface area contributed by atoms with E-state index in [9.17, 15) is 0 Å². The Labute approximate surface area is 55.9 Å². The zero-order valence-electron chi connectivity index (χ0n) is 5.32. The van der Waals surface area contributed by atoms with E-state index < -0.39 is 0 Å². The second kappa shape index (κ2) is 3.73. The first-order chi connectivity index (χ1) is 3.66. The topological polar surface area (TPSA) is 0 Å². The Bertz CT molecular complexity index is 99.0. The van der Waals surface area contributed by atoms with Gasteiger partial charge in [0.1, 0.15) is 0 Å². The molecule has 8 heavy (non-hydrogen) atoms. The SMILES string of the molecule is C=CC(Cl)C=C(C)C. The molecule has 1 unspecified atom stereocenters. The van der Waals surface area contributed by atoms with Gasteiger partial charge in [0, 0.05) is 0 Å². The van der Waals surface area contributed by atoms with Crippen molar-refractivity contribution in [2.45, 2.75) is 19.2 Å². The monoisotopic (exact) mass is 130 g/mol. The Kier molecular flexibility index (Phi) is 3.63. The van der Waals surface area contributed by atoms with Crippen LogP contribution in [0.3, 0.4) is 0 Å². The van der Waals surface area contributed by atoms with Crippen LogP contribution in [-0.4, -0.2) is 5.38 Å². The lowest BCUT2D eigenvalue weighted by atomic mass is 10.3. The van der Waals surface area contributed by atoms with Gasteiger partial charge in [-0.15, -0.1) is 18.2 Å². The lowest BCUT2D eigenvalue weighted by Crippen LogP contribution is -1.84.